The lowest BCUT2D eigenvalue weighted by molar-refractivity contribution is -0.139. The molecule has 1 aromatic carbocycles. The fourth-order valence-electron chi connectivity index (χ4n) is 3.46. The molecule has 6 heteroatoms. The number of alkyl halides is 3. The van der Waals surface area contributed by atoms with E-state index in [2.05, 4.69) is 5.32 Å². The molecular formula is C15H17ClF3NO. The molecule has 0 bridgehead atoms. The van der Waals surface area contributed by atoms with Gasteiger partial charge in [0.15, 0.2) is 0 Å². The van der Waals surface area contributed by atoms with Crippen molar-refractivity contribution < 1.29 is 17.9 Å². The van der Waals surface area contributed by atoms with Crippen LogP contribution in [-0.2, 0) is 17.5 Å². The van der Waals surface area contributed by atoms with Crippen LogP contribution in [0.4, 0.5) is 13.2 Å². The number of rotatable bonds is 3. The molecule has 2 aliphatic rings. The van der Waals surface area contributed by atoms with Crippen LogP contribution in [0.15, 0.2) is 18.2 Å². The van der Waals surface area contributed by atoms with Gasteiger partial charge in [0.1, 0.15) is 0 Å². The molecule has 2 unspecified atom stereocenters. The van der Waals surface area contributed by atoms with Crippen molar-refractivity contribution in [2.24, 2.45) is 11.8 Å². The molecular weight excluding hydrogens is 303 g/mol. The van der Waals surface area contributed by atoms with Gasteiger partial charge in [-0.25, -0.2) is 0 Å². The van der Waals surface area contributed by atoms with Crippen LogP contribution in [0.25, 0.3) is 0 Å². The molecule has 2 fully saturated rings. The Bertz CT molecular complexity index is 508. The third-order valence-corrected chi connectivity index (χ3v) is 4.78. The molecule has 0 spiro atoms. The van der Waals surface area contributed by atoms with Gasteiger partial charge in [-0.15, -0.1) is 0 Å². The summed E-state index contributed by atoms with van der Waals surface area (Å²) < 4.78 is 44.9. The van der Waals surface area contributed by atoms with E-state index in [1.807, 2.05) is 0 Å². The van der Waals surface area contributed by atoms with Crippen LogP contribution in [0.1, 0.15) is 24.0 Å². The van der Waals surface area contributed by atoms with E-state index in [0.29, 0.717) is 11.8 Å². The first kappa shape index (κ1) is 15.1. The van der Waals surface area contributed by atoms with Crippen LogP contribution < -0.4 is 5.32 Å². The Morgan fingerprint density at radius 2 is 1.86 bits per heavy atom. The summed E-state index contributed by atoms with van der Waals surface area (Å²) in [6, 6.07) is 4.23. The van der Waals surface area contributed by atoms with Gasteiger partial charge in [0.2, 0.25) is 0 Å². The van der Waals surface area contributed by atoms with E-state index in [1.165, 1.54) is 18.2 Å². The maximum absolute atomic E-state index is 13.0. The van der Waals surface area contributed by atoms with Gasteiger partial charge in [-0.2, -0.15) is 13.2 Å². The summed E-state index contributed by atoms with van der Waals surface area (Å²) >= 11 is 5.70. The van der Waals surface area contributed by atoms with Gasteiger partial charge in [0, 0.05) is 0 Å². The molecule has 0 aromatic heterocycles. The van der Waals surface area contributed by atoms with Crippen molar-refractivity contribution in [1.29, 1.82) is 0 Å². The Hall–Kier alpha value is -0.780. The zero-order valence-corrected chi connectivity index (χ0v) is 12.2. The Morgan fingerprint density at radius 3 is 2.48 bits per heavy atom. The smallest absolute Gasteiger partial charge is 0.374 e. The zero-order chi connectivity index (χ0) is 15.0. The maximum Gasteiger partial charge on any atom is 0.418 e. The molecule has 1 saturated heterocycles. The summed E-state index contributed by atoms with van der Waals surface area (Å²) in [5.74, 6) is 1.22. The van der Waals surface area contributed by atoms with Crippen LogP contribution in [0, 0.1) is 11.8 Å². The summed E-state index contributed by atoms with van der Waals surface area (Å²) in [6.45, 7) is 1.96. The molecule has 1 heterocycles. The minimum atomic E-state index is -4.45. The Balaban J connectivity index is 1.67. The third kappa shape index (κ3) is 3.20. The number of ether oxygens (including phenoxy) is 1. The highest BCUT2D eigenvalue weighted by atomic mass is 35.5. The molecule has 0 amide bonds. The third-order valence-electron chi connectivity index (χ3n) is 4.47. The maximum atomic E-state index is 13.0. The van der Waals surface area contributed by atoms with E-state index < -0.39 is 11.7 Å². The van der Waals surface area contributed by atoms with E-state index in [4.69, 9.17) is 16.3 Å². The van der Waals surface area contributed by atoms with E-state index in [0.717, 1.165) is 25.9 Å². The highest BCUT2D eigenvalue weighted by molar-refractivity contribution is 6.31. The van der Waals surface area contributed by atoms with Gasteiger partial charge in [0.05, 0.1) is 23.3 Å². The van der Waals surface area contributed by atoms with Gasteiger partial charge < -0.3 is 10.1 Å². The highest BCUT2D eigenvalue weighted by Gasteiger charge is 2.39. The van der Waals surface area contributed by atoms with Gasteiger partial charge in [0.25, 0.3) is 0 Å². The van der Waals surface area contributed by atoms with Crippen LogP contribution in [0.3, 0.4) is 0 Å². The molecule has 3 atom stereocenters. The Morgan fingerprint density at radius 1 is 1.19 bits per heavy atom. The molecule has 1 saturated carbocycles. The molecule has 21 heavy (non-hydrogen) atoms. The summed E-state index contributed by atoms with van der Waals surface area (Å²) in [4.78, 5) is 0. The lowest BCUT2D eigenvalue weighted by Crippen LogP contribution is -2.17. The van der Waals surface area contributed by atoms with Crippen LogP contribution in [-0.4, -0.2) is 19.2 Å². The first-order valence-corrected chi connectivity index (χ1v) is 7.50. The highest BCUT2D eigenvalue weighted by Crippen LogP contribution is 2.39. The van der Waals surface area contributed by atoms with Crippen LogP contribution in [0.5, 0.6) is 0 Å². The summed E-state index contributed by atoms with van der Waals surface area (Å²) in [7, 11) is 0. The number of halogens is 4. The topological polar surface area (TPSA) is 21.3 Å². The number of nitrogens with one attached hydrogen (secondary N) is 1. The van der Waals surface area contributed by atoms with E-state index in [-0.39, 0.29) is 23.3 Å². The molecule has 116 valence electrons. The Labute approximate surface area is 126 Å². The SMILES string of the molecule is FC(F)(F)c1c(Cl)cccc1COC1CC2CNC[C@H]2C1. The second-order valence-corrected chi connectivity index (χ2v) is 6.26. The van der Waals surface area contributed by atoms with Crippen molar-refractivity contribution in [3.05, 3.63) is 34.3 Å². The molecule has 3 rings (SSSR count). The lowest BCUT2D eigenvalue weighted by Gasteiger charge is -2.17. The number of fused-ring (bicyclic) bond motifs is 1. The molecule has 1 aromatic rings. The van der Waals surface area contributed by atoms with E-state index in [1.54, 1.807) is 0 Å². The monoisotopic (exact) mass is 319 g/mol. The fourth-order valence-corrected chi connectivity index (χ4v) is 3.76. The lowest BCUT2D eigenvalue weighted by atomic mass is 10.0. The zero-order valence-electron chi connectivity index (χ0n) is 11.4. The standard InChI is InChI=1S/C15H17ClF3NO/c16-13-3-1-2-9(14(13)15(17,18)19)8-21-12-4-10-6-20-7-11(10)5-12/h1-3,10-12,20H,4-8H2/t10-,11?,12?/m1/s1. The Kier molecular flexibility index (Phi) is 4.17. The molecule has 0 radical (unpaired) electrons. The summed E-state index contributed by atoms with van der Waals surface area (Å²) in [5, 5.41) is 3.07. The molecule has 2 nitrogen and oxygen atoms in total. The molecule has 1 aliphatic carbocycles. The first-order chi connectivity index (χ1) is 9.95. The van der Waals surface area contributed by atoms with Gasteiger partial charge in [-0.1, -0.05) is 23.7 Å². The minimum absolute atomic E-state index is 0.0348. The number of benzene rings is 1. The number of hydrogen-bond acceptors (Lipinski definition) is 2. The second-order valence-electron chi connectivity index (χ2n) is 5.85. The predicted molar refractivity (Wildman–Crippen MR) is 74.1 cm³/mol. The largest absolute Gasteiger partial charge is 0.418 e. The fraction of sp³-hybridized carbons (Fsp3) is 0.600. The van der Waals surface area contributed by atoms with Gasteiger partial charge in [-0.3, -0.25) is 0 Å². The van der Waals surface area contributed by atoms with E-state index in [9.17, 15) is 13.2 Å². The first-order valence-electron chi connectivity index (χ1n) is 7.12. The van der Waals surface area contributed by atoms with E-state index >= 15 is 0 Å². The van der Waals surface area contributed by atoms with Gasteiger partial charge >= 0.3 is 6.18 Å². The van der Waals surface area contributed by atoms with Crippen LogP contribution >= 0.6 is 11.6 Å². The second kappa shape index (κ2) is 5.78. The summed E-state index contributed by atoms with van der Waals surface area (Å²) in [5.41, 5.74) is -0.656. The van der Waals surface area contributed by atoms with Crippen molar-refractivity contribution in [1.82, 2.24) is 5.32 Å². The summed E-state index contributed by atoms with van der Waals surface area (Å²) in [6.07, 6.45) is -2.53. The van der Waals surface area contributed by atoms with Crippen molar-refractivity contribution in [2.45, 2.75) is 31.7 Å². The van der Waals surface area contributed by atoms with Crippen molar-refractivity contribution >= 4 is 11.6 Å². The quantitative estimate of drug-likeness (QED) is 0.913. The van der Waals surface area contributed by atoms with Crippen LogP contribution in [0.2, 0.25) is 5.02 Å². The number of hydrogen-bond donors (Lipinski definition) is 1. The van der Waals surface area contributed by atoms with Crippen molar-refractivity contribution in [3.8, 4) is 0 Å². The average Bonchev–Trinajstić information content (AvgIpc) is 2.95. The minimum Gasteiger partial charge on any atom is -0.374 e. The predicted octanol–water partition coefficient (Wildman–Crippen LogP) is 3.87. The molecule has 1 aliphatic heterocycles. The van der Waals surface area contributed by atoms with Crippen molar-refractivity contribution in [3.63, 3.8) is 0 Å². The van der Waals surface area contributed by atoms with Crippen molar-refractivity contribution in [2.75, 3.05) is 13.1 Å². The van der Waals surface area contributed by atoms with Gasteiger partial charge in [-0.05, 0) is 49.4 Å². The average molecular weight is 320 g/mol. The molecule has 1 N–H and O–H groups in total. The normalized spacial score (nSPS) is 28.9.